The van der Waals surface area contributed by atoms with E-state index in [1.54, 1.807) is 0 Å². The van der Waals surface area contributed by atoms with Crippen molar-refractivity contribution in [2.75, 3.05) is 39.6 Å². The molecule has 33 heteroatoms. The molecule has 5 fully saturated rings. The first-order chi connectivity index (χ1) is 50.3. The van der Waals surface area contributed by atoms with E-state index in [-0.39, 0.29) is 18.7 Å². The van der Waals surface area contributed by atoms with Gasteiger partial charge in [-0.3, -0.25) is 9.59 Å². The molecule has 19 N–H and O–H groups in total. The largest absolute Gasteiger partial charge is 0.477 e. The lowest BCUT2D eigenvalue weighted by Gasteiger charge is -2.52. The van der Waals surface area contributed by atoms with Gasteiger partial charge in [-0.25, -0.2) is 4.79 Å². The van der Waals surface area contributed by atoms with Crippen LogP contribution in [0.4, 0.5) is 0 Å². The number of hydrogen-bond donors (Lipinski definition) is 19. The molecular weight excluding hydrogens is 1390 g/mol. The molecule has 0 saturated carbocycles. The number of aliphatic hydroxyl groups excluding tert-OH is 16. The van der Waals surface area contributed by atoms with Crippen LogP contribution in [0.2, 0.25) is 0 Å². The lowest BCUT2D eigenvalue weighted by Crippen LogP contribution is -2.71. The van der Waals surface area contributed by atoms with E-state index in [1.165, 1.54) is 96.3 Å². The molecule has 0 aromatic rings. The molecule has 614 valence electrons. The number of carbonyl (C=O) groups is 4. The van der Waals surface area contributed by atoms with Crippen LogP contribution in [0.25, 0.3) is 0 Å². The van der Waals surface area contributed by atoms with Crippen LogP contribution in [-0.4, -0.2) is 315 Å². The van der Waals surface area contributed by atoms with Crippen LogP contribution in [0.3, 0.4) is 0 Å². The summed E-state index contributed by atoms with van der Waals surface area (Å²) in [5.41, 5.74) is 0. The quantitative estimate of drug-likeness (QED) is 0.0341. The van der Waals surface area contributed by atoms with Gasteiger partial charge in [0.1, 0.15) is 110 Å². The predicted octanol–water partition coefficient (Wildman–Crippen LogP) is -0.508. The SMILES string of the molecule is CCCCCCCCCCCCCCCC(=O)NC(COC1OC(CO)C(OC2OC(CO)C(OC3OC(CO)C(O)C(OC4OC(CO)C(O)C(O)C4O)C3CC(C)=O)C(OC3(C(=O)O)CC(O)C(NC(C)=O)C(C(O)C(O)CO)O3)C2O)C(O)C1O)C(O)CCCCCCCCCCCCCCC. The van der Waals surface area contributed by atoms with E-state index in [1.807, 2.05) is 0 Å². The summed E-state index contributed by atoms with van der Waals surface area (Å²) in [5, 5.41) is 195. The van der Waals surface area contributed by atoms with Crippen molar-refractivity contribution >= 4 is 23.6 Å². The van der Waals surface area contributed by atoms with Crippen molar-refractivity contribution in [3.8, 4) is 0 Å². The Balaban J connectivity index is 1.40. The van der Waals surface area contributed by atoms with Gasteiger partial charge in [0, 0.05) is 32.1 Å². The number of hydrogen-bond acceptors (Lipinski definition) is 30. The van der Waals surface area contributed by atoms with Gasteiger partial charge in [0.15, 0.2) is 25.2 Å². The summed E-state index contributed by atoms with van der Waals surface area (Å²) >= 11 is 0. The van der Waals surface area contributed by atoms with E-state index >= 15 is 0 Å². The van der Waals surface area contributed by atoms with Crippen LogP contribution in [-0.2, 0) is 66.5 Å². The van der Waals surface area contributed by atoms with Crippen molar-refractivity contribution in [2.45, 2.75) is 385 Å². The summed E-state index contributed by atoms with van der Waals surface area (Å²) in [6.45, 7) is 0.583. The van der Waals surface area contributed by atoms with Gasteiger partial charge >= 0.3 is 5.97 Å². The Morgan fingerprint density at radius 1 is 0.486 bits per heavy atom. The fraction of sp³-hybridized carbons (Fsp3) is 0.944. The van der Waals surface area contributed by atoms with Gasteiger partial charge in [-0.1, -0.05) is 174 Å². The fourth-order valence-corrected chi connectivity index (χ4v) is 14.5. The van der Waals surface area contributed by atoms with Gasteiger partial charge in [-0.15, -0.1) is 0 Å². The number of rotatable bonds is 52. The number of Topliss-reactive ketones (excluding diaryl/α,β-unsaturated/α-hetero) is 1. The summed E-state index contributed by atoms with van der Waals surface area (Å²) in [6, 6.07) is -2.80. The third kappa shape index (κ3) is 28.3. The van der Waals surface area contributed by atoms with Crippen molar-refractivity contribution in [2.24, 2.45) is 5.92 Å². The third-order valence-electron chi connectivity index (χ3n) is 20.7. The standard InChI is InChI=1S/C72H130N2O31/c1-5-7-9-11-13-15-17-19-21-23-25-27-29-31-45(82)44(74-52(85)32-30-28-26-24-22-20-18-16-14-12-10-8-6-2)40-96-68-60(92)58(90)63(50(38-78)99-68)102-70-61(93)66(105-72(71(94)95)34-46(83)53(73-42(4)81)65(104-72)54(86)47(84)35-75)64(51(39-79)100-70)103-67-43(33-41(3)80)62(56(88)49(37-77)97-67)101-69-59(91)57(89)55(87)48(36-76)98-69/h43-51,53-70,75-79,82-84,86-93H,5-40H2,1-4H3,(H,73,81)(H,74,85)(H,94,95). The highest BCUT2D eigenvalue weighted by Crippen LogP contribution is 2.42. The zero-order valence-electron chi connectivity index (χ0n) is 61.9. The second kappa shape index (κ2) is 48.7. The molecular formula is C72H130N2O31. The zero-order chi connectivity index (χ0) is 77.3. The minimum absolute atomic E-state index is 0.161. The average molecular weight is 1520 g/mol. The molecule has 5 rings (SSSR count). The molecule has 0 aliphatic carbocycles. The molecule has 105 heavy (non-hydrogen) atoms. The molecule has 0 aromatic heterocycles. The maximum absolute atomic E-state index is 13.8. The summed E-state index contributed by atoms with van der Waals surface area (Å²) in [5.74, 6) is -9.03. The number of carbonyl (C=O) groups excluding carboxylic acids is 3. The van der Waals surface area contributed by atoms with E-state index in [4.69, 9.17) is 47.4 Å². The Morgan fingerprint density at radius 2 is 0.933 bits per heavy atom. The van der Waals surface area contributed by atoms with Gasteiger partial charge in [0.05, 0.1) is 70.0 Å². The highest BCUT2D eigenvalue weighted by Gasteiger charge is 2.62. The number of aliphatic hydroxyl groups is 16. The third-order valence-corrected chi connectivity index (χ3v) is 20.7. The smallest absolute Gasteiger partial charge is 0.364 e. The predicted molar refractivity (Wildman–Crippen MR) is 370 cm³/mol. The Labute approximate surface area is 616 Å². The molecule has 33 nitrogen and oxygen atoms in total. The van der Waals surface area contributed by atoms with Crippen LogP contribution >= 0.6 is 0 Å². The van der Waals surface area contributed by atoms with Crippen LogP contribution in [0.1, 0.15) is 220 Å². The number of carboxylic acids is 1. The molecule has 5 heterocycles. The summed E-state index contributed by atoms with van der Waals surface area (Å²) in [6.07, 6.45) is -21.0. The monoisotopic (exact) mass is 1520 g/mol. The highest BCUT2D eigenvalue weighted by molar-refractivity contribution is 5.77. The molecule has 5 aliphatic rings. The average Bonchev–Trinajstić information content (AvgIpc) is 0.759. The number of aliphatic carboxylic acids is 1. The molecule has 0 aromatic carbocycles. The van der Waals surface area contributed by atoms with Crippen molar-refractivity contribution in [3.05, 3.63) is 0 Å². The van der Waals surface area contributed by atoms with Crippen LogP contribution in [0, 0.1) is 5.92 Å². The van der Waals surface area contributed by atoms with E-state index < -0.39 is 241 Å². The van der Waals surface area contributed by atoms with Crippen LogP contribution in [0.15, 0.2) is 0 Å². The van der Waals surface area contributed by atoms with Crippen molar-refractivity contribution in [3.63, 3.8) is 0 Å². The minimum atomic E-state index is -3.36. The molecule has 28 unspecified atom stereocenters. The summed E-state index contributed by atoms with van der Waals surface area (Å²) < 4.78 is 60.4. The van der Waals surface area contributed by atoms with E-state index in [9.17, 15) is 106 Å². The fourth-order valence-electron chi connectivity index (χ4n) is 14.5. The first-order valence-corrected chi connectivity index (χ1v) is 38.6. The zero-order valence-corrected chi connectivity index (χ0v) is 61.9. The number of ether oxygens (including phenoxy) is 10. The molecule has 0 spiro atoms. The molecule has 5 saturated heterocycles. The Bertz CT molecular complexity index is 2410. The highest BCUT2D eigenvalue weighted by atomic mass is 16.8. The van der Waals surface area contributed by atoms with E-state index in [0.29, 0.717) is 12.8 Å². The molecule has 5 aliphatic heterocycles. The van der Waals surface area contributed by atoms with Gasteiger partial charge in [0.2, 0.25) is 11.8 Å². The Hall–Kier alpha value is -2.96. The number of unbranched alkanes of at least 4 members (excludes halogenated alkanes) is 24. The Kier molecular flexibility index (Phi) is 43.0. The maximum atomic E-state index is 13.8. The van der Waals surface area contributed by atoms with Gasteiger partial charge in [0.25, 0.3) is 5.79 Å². The second-order valence-electron chi connectivity index (χ2n) is 29.3. The van der Waals surface area contributed by atoms with Crippen molar-refractivity contribution in [1.82, 2.24) is 10.6 Å². The number of amides is 2. The molecule has 2 amide bonds. The molecule has 0 bridgehead atoms. The van der Waals surface area contributed by atoms with Gasteiger partial charge in [-0.05, 0) is 19.8 Å². The number of carboxylic acid groups (broad SMARTS) is 1. The summed E-state index contributed by atoms with van der Waals surface area (Å²) in [4.78, 5) is 53.1. The van der Waals surface area contributed by atoms with Crippen LogP contribution in [0.5, 0.6) is 0 Å². The maximum Gasteiger partial charge on any atom is 0.364 e. The van der Waals surface area contributed by atoms with E-state index in [2.05, 4.69) is 24.5 Å². The van der Waals surface area contributed by atoms with E-state index in [0.717, 1.165) is 71.6 Å². The summed E-state index contributed by atoms with van der Waals surface area (Å²) in [7, 11) is 0. The van der Waals surface area contributed by atoms with Crippen molar-refractivity contribution in [1.29, 1.82) is 0 Å². The van der Waals surface area contributed by atoms with Crippen molar-refractivity contribution < 1.29 is 153 Å². The lowest BCUT2D eigenvalue weighted by molar-refractivity contribution is -0.406. The normalized spacial score (nSPS) is 35.0. The second-order valence-corrected chi connectivity index (χ2v) is 29.3. The Morgan fingerprint density at radius 3 is 1.44 bits per heavy atom. The minimum Gasteiger partial charge on any atom is -0.477 e. The first kappa shape index (κ1) is 92.6. The number of nitrogens with one attached hydrogen (secondary N) is 2. The number of ketones is 1. The molecule has 0 radical (unpaired) electrons. The molecule has 28 atom stereocenters. The van der Waals surface area contributed by atoms with Gasteiger partial charge in [-0.2, -0.15) is 0 Å². The topological polar surface area (TPSA) is 529 Å². The lowest BCUT2D eigenvalue weighted by atomic mass is 9.86. The van der Waals surface area contributed by atoms with Crippen LogP contribution < -0.4 is 10.6 Å². The van der Waals surface area contributed by atoms with Gasteiger partial charge < -0.3 is 150 Å². The first-order valence-electron chi connectivity index (χ1n) is 38.6.